The Labute approximate surface area is 168 Å². The Morgan fingerprint density at radius 1 is 1.21 bits per heavy atom. The number of benzene rings is 2. The monoisotopic (exact) mass is 399 g/mol. The van der Waals surface area contributed by atoms with Crippen LogP contribution in [0.3, 0.4) is 0 Å². The summed E-state index contributed by atoms with van der Waals surface area (Å²) >= 11 is 6.07. The fourth-order valence-corrected chi connectivity index (χ4v) is 2.70. The Morgan fingerprint density at radius 3 is 2.75 bits per heavy atom. The van der Waals surface area contributed by atoms with E-state index < -0.39 is 0 Å². The predicted octanol–water partition coefficient (Wildman–Crippen LogP) is 4.12. The summed E-state index contributed by atoms with van der Waals surface area (Å²) in [6.07, 6.45) is 2.12. The first-order valence-electron chi connectivity index (χ1n) is 9.13. The van der Waals surface area contributed by atoms with Gasteiger partial charge in [0.25, 0.3) is 0 Å². The molecule has 0 aliphatic carbocycles. The van der Waals surface area contributed by atoms with Gasteiger partial charge in [0.05, 0.1) is 6.61 Å². The molecule has 0 saturated carbocycles. The largest absolute Gasteiger partial charge is 0.494 e. The number of halogens is 1. The number of aromatic nitrogens is 4. The molecule has 7 nitrogen and oxygen atoms in total. The number of unbranched alkanes of at least 4 members (excludes halogenated alkanes) is 1. The van der Waals surface area contributed by atoms with Crippen LogP contribution in [0.2, 0.25) is 5.02 Å². The molecule has 1 N–H and O–H groups in total. The summed E-state index contributed by atoms with van der Waals surface area (Å²) in [4.78, 5) is 13.5. The van der Waals surface area contributed by atoms with Crippen LogP contribution in [0.1, 0.15) is 25.3 Å². The second-order valence-electron chi connectivity index (χ2n) is 6.33. The van der Waals surface area contributed by atoms with Gasteiger partial charge < -0.3 is 10.1 Å². The number of rotatable bonds is 8. The van der Waals surface area contributed by atoms with Crippen molar-refractivity contribution in [2.75, 3.05) is 11.9 Å². The van der Waals surface area contributed by atoms with Gasteiger partial charge in [0, 0.05) is 16.3 Å². The van der Waals surface area contributed by atoms with Crippen molar-refractivity contribution in [3.63, 3.8) is 0 Å². The van der Waals surface area contributed by atoms with Crippen molar-refractivity contribution < 1.29 is 9.53 Å². The number of carbonyl (C=O) groups excluding carboxylic acids is 1. The lowest BCUT2D eigenvalue weighted by Gasteiger charge is -2.08. The number of amides is 1. The van der Waals surface area contributed by atoms with Crippen LogP contribution in [0.4, 0.5) is 5.69 Å². The minimum Gasteiger partial charge on any atom is -0.494 e. The molecule has 3 aromatic rings. The van der Waals surface area contributed by atoms with E-state index >= 15 is 0 Å². The molecule has 0 spiro atoms. The number of anilines is 1. The SMILES string of the molecule is CCCCOc1ccc(-c2nnn(CC(=O)Nc3cccc(Cl)c3C)n2)cc1. The zero-order valence-corrected chi connectivity index (χ0v) is 16.6. The van der Waals surface area contributed by atoms with E-state index in [1.807, 2.05) is 31.2 Å². The van der Waals surface area contributed by atoms with Crippen LogP contribution in [0.5, 0.6) is 5.75 Å². The standard InChI is InChI=1S/C20H22ClN5O2/c1-3-4-12-28-16-10-8-15(9-11-16)20-23-25-26(24-20)13-19(27)22-18-7-5-6-17(21)14(18)2/h5-11H,3-4,12-13H2,1-2H3,(H,22,27). The van der Waals surface area contributed by atoms with Crippen LogP contribution in [-0.2, 0) is 11.3 Å². The smallest absolute Gasteiger partial charge is 0.248 e. The molecule has 1 aromatic heterocycles. The number of hydrogen-bond acceptors (Lipinski definition) is 5. The minimum atomic E-state index is -0.256. The number of hydrogen-bond donors (Lipinski definition) is 1. The van der Waals surface area contributed by atoms with Gasteiger partial charge in [0.2, 0.25) is 11.7 Å². The number of carbonyl (C=O) groups is 1. The van der Waals surface area contributed by atoms with Gasteiger partial charge in [-0.1, -0.05) is 31.0 Å². The molecule has 3 rings (SSSR count). The fourth-order valence-electron chi connectivity index (χ4n) is 2.52. The van der Waals surface area contributed by atoms with Crippen LogP contribution < -0.4 is 10.1 Å². The van der Waals surface area contributed by atoms with E-state index in [1.54, 1.807) is 18.2 Å². The minimum absolute atomic E-state index is 0.0445. The van der Waals surface area contributed by atoms with E-state index in [0.717, 1.165) is 29.7 Å². The van der Waals surface area contributed by atoms with Gasteiger partial charge in [-0.05, 0) is 60.5 Å². The topological polar surface area (TPSA) is 81.9 Å². The molecule has 0 bridgehead atoms. The van der Waals surface area contributed by atoms with E-state index in [0.29, 0.717) is 23.1 Å². The molecule has 1 heterocycles. The van der Waals surface area contributed by atoms with E-state index in [-0.39, 0.29) is 12.5 Å². The van der Waals surface area contributed by atoms with E-state index in [1.165, 1.54) is 4.80 Å². The Bertz CT molecular complexity index is 940. The van der Waals surface area contributed by atoms with Crippen LogP contribution in [0, 0.1) is 6.92 Å². The highest BCUT2D eigenvalue weighted by Gasteiger charge is 2.11. The molecular weight excluding hydrogens is 378 g/mol. The summed E-state index contributed by atoms with van der Waals surface area (Å²) in [6, 6.07) is 12.9. The highest BCUT2D eigenvalue weighted by Crippen LogP contribution is 2.23. The predicted molar refractivity (Wildman–Crippen MR) is 108 cm³/mol. The number of tetrazole rings is 1. The highest BCUT2D eigenvalue weighted by atomic mass is 35.5. The van der Waals surface area contributed by atoms with Crippen molar-refractivity contribution >= 4 is 23.2 Å². The summed E-state index contributed by atoms with van der Waals surface area (Å²) in [5.41, 5.74) is 2.28. The van der Waals surface area contributed by atoms with Crippen molar-refractivity contribution in [3.05, 3.63) is 53.1 Å². The van der Waals surface area contributed by atoms with Crippen LogP contribution in [0.25, 0.3) is 11.4 Å². The van der Waals surface area contributed by atoms with Crippen molar-refractivity contribution in [3.8, 4) is 17.1 Å². The molecule has 2 aromatic carbocycles. The lowest BCUT2D eigenvalue weighted by molar-refractivity contribution is -0.117. The molecule has 0 radical (unpaired) electrons. The Balaban J connectivity index is 1.60. The maximum atomic E-state index is 12.3. The normalized spacial score (nSPS) is 10.7. The van der Waals surface area contributed by atoms with Gasteiger partial charge in [0.15, 0.2) is 0 Å². The summed E-state index contributed by atoms with van der Waals surface area (Å²) < 4.78 is 5.65. The molecular formula is C20H22ClN5O2. The molecule has 0 aliphatic heterocycles. The lowest BCUT2D eigenvalue weighted by Crippen LogP contribution is -2.21. The summed E-state index contributed by atoms with van der Waals surface area (Å²) in [5, 5.41) is 15.7. The third kappa shape index (κ3) is 5.07. The average molecular weight is 400 g/mol. The molecule has 8 heteroatoms. The van der Waals surface area contributed by atoms with Crippen molar-refractivity contribution in [2.24, 2.45) is 0 Å². The lowest BCUT2D eigenvalue weighted by atomic mass is 10.2. The molecule has 0 aliphatic rings. The Morgan fingerprint density at radius 2 is 2.00 bits per heavy atom. The quantitative estimate of drug-likeness (QED) is 0.576. The third-order valence-corrected chi connectivity index (χ3v) is 4.57. The van der Waals surface area contributed by atoms with Crippen molar-refractivity contribution in [2.45, 2.75) is 33.2 Å². The number of nitrogens with zero attached hydrogens (tertiary/aromatic N) is 4. The second-order valence-corrected chi connectivity index (χ2v) is 6.74. The summed E-state index contributed by atoms with van der Waals surface area (Å²) in [7, 11) is 0. The first-order chi connectivity index (χ1) is 13.6. The first kappa shape index (κ1) is 19.8. The van der Waals surface area contributed by atoms with E-state index in [4.69, 9.17) is 16.3 Å². The zero-order chi connectivity index (χ0) is 19.9. The van der Waals surface area contributed by atoms with Crippen molar-refractivity contribution in [1.82, 2.24) is 20.2 Å². The average Bonchev–Trinajstić information content (AvgIpc) is 3.14. The molecule has 0 fully saturated rings. The fraction of sp³-hybridized carbons (Fsp3) is 0.300. The molecule has 0 unspecified atom stereocenters. The molecule has 0 atom stereocenters. The van der Waals surface area contributed by atoms with Crippen molar-refractivity contribution in [1.29, 1.82) is 0 Å². The Kier molecular flexibility index (Phi) is 6.60. The van der Waals surface area contributed by atoms with E-state index in [9.17, 15) is 4.79 Å². The first-order valence-corrected chi connectivity index (χ1v) is 9.50. The summed E-state index contributed by atoms with van der Waals surface area (Å²) in [5.74, 6) is 1.00. The zero-order valence-electron chi connectivity index (χ0n) is 15.9. The summed E-state index contributed by atoms with van der Waals surface area (Å²) in [6.45, 7) is 4.62. The second kappa shape index (κ2) is 9.32. The molecule has 28 heavy (non-hydrogen) atoms. The maximum absolute atomic E-state index is 12.3. The van der Waals surface area contributed by atoms with Gasteiger partial charge >= 0.3 is 0 Å². The molecule has 146 valence electrons. The van der Waals surface area contributed by atoms with Gasteiger partial charge in [-0.25, -0.2) is 0 Å². The van der Waals surface area contributed by atoms with Gasteiger partial charge in [-0.3, -0.25) is 4.79 Å². The number of ether oxygens (including phenoxy) is 1. The third-order valence-electron chi connectivity index (χ3n) is 4.16. The van der Waals surface area contributed by atoms with Crippen LogP contribution in [-0.4, -0.2) is 32.7 Å². The molecule has 0 saturated heterocycles. The van der Waals surface area contributed by atoms with Gasteiger partial charge in [-0.2, -0.15) is 4.80 Å². The van der Waals surface area contributed by atoms with Gasteiger partial charge in [-0.15, -0.1) is 10.2 Å². The van der Waals surface area contributed by atoms with Crippen LogP contribution in [0.15, 0.2) is 42.5 Å². The van der Waals surface area contributed by atoms with Gasteiger partial charge in [0.1, 0.15) is 12.3 Å². The Hall–Kier alpha value is -2.93. The highest BCUT2D eigenvalue weighted by molar-refractivity contribution is 6.31. The maximum Gasteiger partial charge on any atom is 0.248 e. The van der Waals surface area contributed by atoms with E-state index in [2.05, 4.69) is 27.7 Å². The van der Waals surface area contributed by atoms with Crippen LogP contribution >= 0.6 is 11.6 Å². The number of nitrogens with one attached hydrogen (secondary N) is 1. The molecule has 1 amide bonds.